The molecule has 1 aliphatic rings. The largest absolute Gasteiger partial charge is 0.478 e. The predicted molar refractivity (Wildman–Crippen MR) is 70.1 cm³/mol. The fraction of sp³-hybridized carbons (Fsp3) is 0.385. The third kappa shape index (κ3) is 3.20. The summed E-state index contributed by atoms with van der Waals surface area (Å²) >= 11 is 1.52. The molecule has 1 aromatic heterocycles. The lowest BCUT2D eigenvalue weighted by molar-refractivity contribution is -0.131. The highest BCUT2D eigenvalue weighted by Crippen LogP contribution is 2.37. The second-order valence-corrected chi connectivity index (χ2v) is 5.51. The maximum atomic E-state index is 11.7. The third-order valence-electron chi connectivity index (χ3n) is 3.05. The molecule has 2 unspecified atom stereocenters. The SMILES string of the molecule is CC1CC1C(=O)NCc1sccc1C=CC(=O)O. The summed E-state index contributed by atoms with van der Waals surface area (Å²) in [5.41, 5.74) is 0.853. The average Bonchev–Trinajstić information content (AvgIpc) is 2.89. The number of amides is 1. The number of hydrogen-bond donors (Lipinski definition) is 2. The van der Waals surface area contributed by atoms with Gasteiger partial charge in [-0.2, -0.15) is 0 Å². The zero-order valence-corrected chi connectivity index (χ0v) is 10.9. The Balaban J connectivity index is 1.91. The van der Waals surface area contributed by atoms with E-state index in [9.17, 15) is 9.59 Å². The average molecular weight is 265 g/mol. The molecule has 0 spiro atoms. The Morgan fingerprint density at radius 3 is 2.94 bits per heavy atom. The van der Waals surface area contributed by atoms with Gasteiger partial charge in [0, 0.05) is 16.9 Å². The van der Waals surface area contributed by atoms with Crippen molar-refractivity contribution in [2.45, 2.75) is 19.9 Å². The number of carbonyl (C=O) groups excluding carboxylic acids is 1. The molecule has 1 saturated carbocycles. The molecule has 2 rings (SSSR count). The maximum absolute atomic E-state index is 11.7. The van der Waals surface area contributed by atoms with E-state index in [0.717, 1.165) is 22.9 Å². The molecule has 1 aliphatic carbocycles. The first kappa shape index (κ1) is 12.8. The molecule has 1 fully saturated rings. The van der Waals surface area contributed by atoms with Gasteiger partial charge < -0.3 is 10.4 Å². The van der Waals surface area contributed by atoms with Crippen molar-refractivity contribution >= 4 is 29.3 Å². The molecule has 4 nitrogen and oxygen atoms in total. The number of aliphatic carboxylic acids is 1. The topological polar surface area (TPSA) is 66.4 Å². The van der Waals surface area contributed by atoms with E-state index in [2.05, 4.69) is 12.2 Å². The predicted octanol–water partition coefficient (Wildman–Crippen LogP) is 2.12. The van der Waals surface area contributed by atoms with Crippen LogP contribution in [0.15, 0.2) is 17.5 Å². The van der Waals surface area contributed by atoms with Crippen LogP contribution in [-0.4, -0.2) is 17.0 Å². The molecular weight excluding hydrogens is 250 g/mol. The standard InChI is InChI=1S/C13H15NO3S/c1-8-6-10(8)13(17)14-7-11-9(4-5-18-11)2-3-12(15)16/h2-5,8,10H,6-7H2,1H3,(H,14,17)(H,15,16). The van der Waals surface area contributed by atoms with Gasteiger partial charge in [-0.25, -0.2) is 4.79 Å². The molecule has 5 heteroatoms. The second-order valence-electron chi connectivity index (χ2n) is 4.51. The first-order valence-corrected chi connectivity index (χ1v) is 6.71. The van der Waals surface area contributed by atoms with Crippen molar-refractivity contribution < 1.29 is 14.7 Å². The van der Waals surface area contributed by atoms with E-state index < -0.39 is 5.97 Å². The Morgan fingerprint density at radius 1 is 1.61 bits per heavy atom. The van der Waals surface area contributed by atoms with E-state index in [1.54, 1.807) is 6.08 Å². The normalized spacial score (nSPS) is 22.1. The highest BCUT2D eigenvalue weighted by molar-refractivity contribution is 7.10. The van der Waals surface area contributed by atoms with Crippen LogP contribution in [0, 0.1) is 11.8 Å². The smallest absolute Gasteiger partial charge is 0.328 e. The summed E-state index contributed by atoms with van der Waals surface area (Å²) in [6.07, 6.45) is 3.64. The van der Waals surface area contributed by atoms with E-state index >= 15 is 0 Å². The van der Waals surface area contributed by atoms with Crippen molar-refractivity contribution in [1.82, 2.24) is 5.32 Å². The van der Waals surface area contributed by atoms with Crippen LogP contribution in [0.2, 0.25) is 0 Å². The Bertz CT molecular complexity index is 492. The van der Waals surface area contributed by atoms with Gasteiger partial charge in [0.15, 0.2) is 0 Å². The Morgan fingerprint density at radius 2 is 2.33 bits per heavy atom. The van der Waals surface area contributed by atoms with Crippen molar-refractivity contribution in [2.75, 3.05) is 0 Å². The minimum atomic E-state index is -0.969. The van der Waals surface area contributed by atoms with Gasteiger partial charge in [-0.05, 0) is 35.4 Å². The molecule has 0 aliphatic heterocycles. The Hall–Kier alpha value is -1.62. The molecule has 96 valence electrons. The number of hydrogen-bond acceptors (Lipinski definition) is 3. The fourth-order valence-corrected chi connectivity index (χ4v) is 2.60. The number of carbonyl (C=O) groups is 2. The molecular formula is C13H15NO3S. The van der Waals surface area contributed by atoms with Crippen molar-refractivity contribution in [3.63, 3.8) is 0 Å². The van der Waals surface area contributed by atoms with E-state index in [1.165, 1.54) is 11.3 Å². The fourth-order valence-electron chi connectivity index (χ4n) is 1.79. The molecule has 2 N–H and O–H groups in total. The number of carboxylic acid groups (broad SMARTS) is 1. The molecule has 0 aromatic carbocycles. The third-order valence-corrected chi connectivity index (χ3v) is 3.99. The molecule has 2 atom stereocenters. The van der Waals surface area contributed by atoms with Crippen molar-refractivity contribution in [3.05, 3.63) is 28.0 Å². The summed E-state index contributed by atoms with van der Waals surface area (Å²) in [6, 6.07) is 1.85. The number of thiophene rings is 1. The first-order chi connectivity index (χ1) is 8.58. The van der Waals surface area contributed by atoms with Crippen molar-refractivity contribution in [2.24, 2.45) is 11.8 Å². The quantitative estimate of drug-likeness (QED) is 0.801. The van der Waals surface area contributed by atoms with Crippen molar-refractivity contribution in [3.8, 4) is 0 Å². The van der Waals surface area contributed by atoms with Gasteiger partial charge in [0.25, 0.3) is 0 Å². The maximum Gasteiger partial charge on any atom is 0.328 e. The zero-order chi connectivity index (χ0) is 13.1. The van der Waals surface area contributed by atoms with Crippen LogP contribution in [0.25, 0.3) is 6.08 Å². The van der Waals surface area contributed by atoms with Gasteiger partial charge in [0.05, 0.1) is 6.54 Å². The zero-order valence-electron chi connectivity index (χ0n) is 10.1. The summed E-state index contributed by atoms with van der Waals surface area (Å²) in [5.74, 6) is -0.199. The van der Waals surface area contributed by atoms with Gasteiger partial charge in [0.1, 0.15) is 0 Å². The summed E-state index contributed by atoms with van der Waals surface area (Å²) in [4.78, 5) is 23.1. The number of rotatable bonds is 5. The monoisotopic (exact) mass is 265 g/mol. The van der Waals surface area contributed by atoms with E-state index in [1.807, 2.05) is 11.4 Å². The number of carboxylic acids is 1. The lowest BCUT2D eigenvalue weighted by Gasteiger charge is -2.03. The molecule has 1 heterocycles. The van der Waals surface area contributed by atoms with Crippen LogP contribution in [-0.2, 0) is 16.1 Å². The van der Waals surface area contributed by atoms with Crippen molar-refractivity contribution in [1.29, 1.82) is 0 Å². The molecule has 0 bridgehead atoms. The van der Waals surface area contributed by atoms with Crippen LogP contribution in [0.5, 0.6) is 0 Å². The van der Waals surface area contributed by atoms with Crippen LogP contribution in [0.4, 0.5) is 0 Å². The first-order valence-electron chi connectivity index (χ1n) is 5.83. The van der Waals surface area contributed by atoms with E-state index in [-0.39, 0.29) is 11.8 Å². The minimum Gasteiger partial charge on any atom is -0.478 e. The lowest BCUT2D eigenvalue weighted by atomic mass is 10.2. The summed E-state index contributed by atoms with van der Waals surface area (Å²) in [5, 5.41) is 13.4. The summed E-state index contributed by atoms with van der Waals surface area (Å²) in [6.45, 7) is 2.54. The van der Waals surface area contributed by atoms with Gasteiger partial charge in [-0.15, -0.1) is 11.3 Å². The highest BCUT2D eigenvalue weighted by Gasteiger charge is 2.38. The van der Waals surface area contributed by atoms with E-state index in [0.29, 0.717) is 12.5 Å². The molecule has 18 heavy (non-hydrogen) atoms. The molecule has 1 aromatic rings. The molecule has 0 saturated heterocycles. The lowest BCUT2D eigenvalue weighted by Crippen LogP contribution is -2.24. The molecule has 0 radical (unpaired) electrons. The van der Waals surface area contributed by atoms with Gasteiger partial charge in [-0.1, -0.05) is 6.92 Å². The van der Waals surface area contributed by atoms with Crippen LogP contribution in [0.3, 0.4) is 0 Å². The molecule has 1 amide bonds. The summed E-state index contributed by atoms with van der Waals surface area (Å²) < 4.78 is 0. The Kier molecular flexibility index (Phi) is 3.81. The number of nitrogens with one attached hydrogen (secondary N) is 1. The van der Waals surface area contributed by atoms with Gasteiger partial charge >= 0.3 is 5.97 Å². The van der Waals surface area contributed by atoms with Gasteiger partial charge in [0.2, 0.25) is 5.91 Å². The van der Waals surface area contributed by atoms with Crippen LogP contribution in [0.1, 0.15) is 23.8 Å². The highest BCUT2D eigenvalue weighted by atomic mass is 32.1. The van der Waals surface area contributed by atoms with Gasteiger partial charge in [-0.3, -0.25) is 4.79 Å². The van der Waals surface area contributed by atoms with E-state index in [4.69, 9.17) is 5.11 Å². The second kappa shape index (κ2) is 5.35. The van der Waals surface area contributed by atoms with Crippen LogP contribution >= 0.6 is 11.3 Å². The minimum absolute atomic E-state index is 0.101. The Labute approximate surface area is 109 Å². The van der Waals surface area contributed by atoms with Crippen LogP contribution < -0.4 is 5.32 Å². The summed E-state index contributed by atoms with van der Waals surface area (Å²) in [7, 11) is 0.